The van der Waals surface area contributed by atoms with E-state index in [4.69, 9.17) is 10.1 Å². The Labute approximate surface area is 152 Å². The Hall–Kier alpha value is -2.27. The maximum atomic E-state index is 12.1. The lowest BCUT2D eigenvalue weighted by molar-refractivity contribution is 0.142. The molecule has 2 aromatic rings. The van der Waals surface area contributed by atoms with Gasteiger partial charge >= 0.3 is 6.09 Å². The molecule has 1 amide bonds. The molecule has 1 unspecified atom stereocenters. The van der Waals surface area contributed by atoms with E-state index in [-0.39, 0.29) is 12.0 Å². The van der Waals surface area contributed by atoms with Crippen molar-refractivity contribution in [2.24, 2.45) is 0 Å². The molecular weight excluding hydrogens is 332 g/mol. The number of benzene rings is 2. The lowest BCUT2D eigenvalue weighted by Crippen LogP contribution is -2.38. The molecule has 2 N–H and O–H groups in total. The Morgan fingerprint density at radius 1 is 1.16 bits per heavy atom. The molecule has 2 aromatic carbocycles. The molecule has 1 aliphatic carbocycles. The van der Waals surface area contributed by atoms with Crippen LogP contribution >= 0.6 is 11.8 Å². The van der Waals surface area contributed by atoms with Gasteiger partial charge in [0.25, 0.3) is 0 Å². The van der Waals surface area contributed by atoms with E-state index in [9.17, 15) is 4.79 Å². The van der Waals surface area contributed by atoms with E-state index in [1.54, 1.807) is 6.92 Å². The minimum absolute atomic E-state index is 0.0536. The maximum Gasteiger partial charge on any atom is 0.407 e. The van der Waals surface area contributed by atoms with Gasteiger partial charge in [-0.3, -0.25) is 5.41 Å². The normalized spacial score (nSPS) is 13.7. The van der Waals surface area contributed by atoms with E-state index in [1.165, 1.54) is 34.0 Å². The Kier molecular flexibility index (Phi) is 5.43. The third-order valence-electron chi connectivity index (χ3n) is 4.37. The van der Waals surface area contributed by atoms with Crippen LogP contribution in [0.3, 0.4) is 0 Å². The Morgan fingerprint density at radius 2 is 1.72 bits per heavy atom. The molecule has 0 heterocycles. The highest BCUT2D eigenvalue weighted by molar-refractivity contribution is 8.13. The number of amides is 1. The van der Waals surface area contributed by atoms with Gasteiger partial charge in [-0.1, -0.05) is 55.5 Å². The minimum atomic E-state index is -0.476. The van der Waals surface area contributed by atoms with Crippen molar-refractivity contribution in [3.05, 3.63) is 59.7 Å². The summed E-state index contributed by atoms with van der Waals surface area (Å²) in [5.74, 6) is 0.869. The second kappa shape index (κ2) is 7.74. The lowest BCUT2D eigenvalue weighted by Gasteiger charge is -2.17. The first-order valence-electron chi connectivity index (χ1n) is 8.44. The third kappa shape index (κ3) is 3.71. The average molecular weight is 354 g/mol. The Morgan fingerprint density at radius 3 is 2.28 bits per heavy atom. The van der Waals surface area contributed by atoms with E-state index >= 15 is 0 Å². The van der Waals surface area contributed by atoms with Crippen LogP contribution in [0.1, 0.15) is 30.9 Å². The molecule has 3 rings (SSSR count). The molecule has 0 saturated carbocycles. The number of carbonyl (C=O) groups is 1. The SMILES string of the molecule is CCSC(=N)C(C)NC(=O)OCC1c2ccccc2-c2ccccc21. The predicted octanol–water partition coefficient (Wildman–Crippen LogP) is 4.64. The van der Waals surface area contributed by atoms with Crippen molar-refractivity contribution in [3.8, 4) is 11.1 Å². The van der Waals surface area contributed by atoms with E-state index in [1.807, 2.05) is 31.2 Å². The van der Waals surface area contributed by atoms with Gasteiger partial charge in [-0.2, -0.15) is 0 Å². The Bertz CT molecular complexity index is 745. The monoisotopic (exact) mass is 354 g/mol. The summed E-state index contributed by atoms with van der Waals surface area (Å²) in [6, 6.07) is 16.2. The fourth-order valence-electron chi connectivity index (χ4n) is 3.16. The topological polar surface area (TPSA) is 62.2 Å². The van der Waals surface area contributed by atoms with Gasteiger partial charge in [-0.05, 0) is 34.9 Å². The zero-order chi connectivity index (χ0) is 17.8. The number of hydrogen-bond donors (Lipinski definition) is 2. The van der Waals surface area contributed by atoms with E-state index in [0.29, 0.717) is 11.7 Å². The van der Waals surface area contributed by atoms with Crippen molar-refractivity contribution in [1.29, 1.82) is 5.41 Å². The highest BCUT2D eigenvalue weighted by Gasteiger charge is 2.29. The predicted molar refractivity (Wildman–Crippen MR) is 104 cm³/mol. The van der Waals surface area contributed by atoms with Gasteiger partial charge in [-0.25, -0.2) is 4.79 Å². The molecule has 1 aliphatic rings. The van der Waals surface area contributed by atoms with Crippen molar-refractivity contribution < 1.29 is 9.53 Å². The average Bonchev–Trinajstić information content (AvgIpc) is 2.94. The summed E-state index contributed by atoms with van der Waals surface area (Å²) in [5, 5.41) is 11.0. The summed E-state index contributed by atoms with van der Waals surface area (Å²) in [5.41, 5.74) is 4.81. The van der Waals surface area contributed by atoms with E-state index in [2.05, 4.69) is 29.6 Å². The second-order valence-corrected chi connectivity index (χ2v) is 7.29. The number of fused-ring (bicyclic) bond motifs is 3. The van der Waals surface area contributed by atoms with Gasteiger partial charge in [0.1, 0.15) is 6.61 Å². The summed E-state index contributed by atoms with van der Waals surface area (Å²) in [6.07, 6.45) is -0.476. The third-order valence-corrected chi connectivity index (χ3v) is 5.32. The zero-order valence-corrected chi connectivity index (χ0v) is 15.2. The molecule has 1 atom stereocenters. The number of hydrogen-bond acceptors (Lipinski definition) is 4. The van der Waals surface area contributed by atoms with Crippen LogP contribution in [0.25, 0.3) is 11.1 Å². The van der Waals surface area contributed by atoms with Crippen LogP contribution in [0, 0.1) is 5.41 Å². The van der Waals surface area contributed by atoms with Crippen molar-refractivity contribution >= 4 is 22.9 Å². The number of alkyl carbamates (subject to hydrolysis) is 1. The summed E-state index contributed by atoms with van der Waals surface area (Å²) >= 11 is 1.42. The first kappa shape index (κ1) is 17.5. The van der Waals surface area contributed by atoms with Crippen LogP contribution in [0.15, 0.2) is 48.5 Å². The minimum Gasteiger partial charge on any atom is -0.449 e. The van der Waals surface area contributed by atoms with Gasteiger partial charge < -0.3 is 10.1 Å². The standard InChI is InChI=1S/C20H22N2O2S/c1-3-25-19(21)13(2)22-20(23)24-12-18-16-10-6-4-8-14(16)15-9-5-7-11-17(15)18/h4-11,13,18,21H,3,12H2,1-2H3,(H,22,23). The van der Waals surface area contributed by atoms with Crippen LogP contribution in [-0.4, -0.2) is 29.5 Å². The van der Waals surface area contributed by atoms with Crippen LogP contribution < -0.4 is 5.32 Å². The van der Waals surface area contributed by atoms with Crippen LogP contribution in [0.4, 0.5) is 4.79 Å². The fourth-order valence-corrected chi connectivity index (χ4v) is 3.78. The fraction of sp³-hybridized carbons (Fsp3) is 0.300. The van der Waals surface area contributed by atoms with Crippen LogP contribution in [0.5, 0.6) is 0 Å². The zero-order valence-electron chi connectivity index (χ0n) is 14.4. The number of thioether (sulfide) groups is 1. The van der Waals surface area contributed by atoms with Crippen molar-refractivity contribution in [2.75, 3.05) is 12.4 Å². The van der Waals surface area contributed by atoms with Crippen molar-refractivity contribution in [2.45, 2.75) is 25.8 Å². The van der Waals surface area contributed by atoms with Crippen LogP contribution in [-0.2, 0) is 4.74 Å². The molecule has 130 valence electrons. The molecule has 0 spiro atoms. The number of carbonyl (C=O) groups excluding carboxylic acids is 1. The summed E-state index contributed by atoms with van der Waals surface area (Å²) in [6.45, 7) is 4.08. The van der Waals surface area contributed by atoms with Gasteiger partial charge in [0.2, 0.25) is 0 Å². The molecule has 0 saturated heterocycles. The van der Waals surface area contributed by atoms with E-state index < -0.39 is 6.09 Å². The summed E-state index contributed by atoms with van der Waals surface area (Å²) in [4.78, 5) is 12.1. The lowest BCUT2D eigenvalue weighted by atomic mass is 9.98. The molecule has 5 heteroatoms. The van der Waals surface area contributed by atoms with Gasteiger partial charge in [0, 0.05) is 5.92 Å². The van der Waals surface area contributed by atoms with Gasteiger partial charge in [-0.15, -0.1) is 11.8 Å². The number of nitrogens with one attached hydrogen (secondary N) is 2. The largest absolute Gasteiger partial charge is 0.449 e. The molecule has 0 radical (unpaired) electrons. The molecule has 25 heavy (non-hydrogen) atoms. The molecule has 4 nitrogen and oxygen atoms in total. The van der Waals surface area contributed by atoms with Crippen molar-refractivity contribution in [1.82, 2.24) is 5.32 Å². The van der Waals surface area contributed by atoms with Gasteiger partial charge in [0.15, 0.2) is 0 Å². The number of ether oxygens (including phenoxy) is 1. The first-order chi connectivity index (χ1) is 12.1. The first-order valence-corrected chi connectivity index (χ1v) is 9.43. The van der Waals surface area contributed by atoms with Crippen molar-refractivity contribution in [3.63, 3.8) is 0 Å². The maximum absolute atomic E-state index is 12.1. The highest BCUT2D eigenvalue weighted by atomic mass is 32.2. The quantitative estimate of drug-likeness (QED) is 0.607. The van der Waals surface area contributed by atoms with E-state index in [0.717, 1.165) is 5.75 Å². The Balaban J connectivity index is 1.67. The summed E-state index contributed by atoms with van der Waals surface area (Å²) in [7, 11) is 0. The molecule has 0 aliphatic heterocycles. The van der Waals surface area contributed by atoms with Gasteiger partial charge in [0.05, 0.1) is 11.1 Å². The molecule has 0 bridgehead atoms. The molecule has 0 aromatic heterocycles. The second-order valence-electron chi connectivity index (χ2n) is 5.99. The summed E-state index contributed by atoms with van der Waals surface area (Å²) < 4.78 is 5.48. The smallest absolute Gasteiger partial charge is 0.407 e. The molecule has 0 fully saturated rings. The number of rotatable bonds is 5. The molecular formula is C20H22N2O2S. The van der Waals surface area contributed by atoms with Crippen LogP contribution in [0.2, 0.25) is 0 Å². The highest BCUT2D eigenvalue weighted by Crippen LogP contribution is 2.44.